The van der Waals surface area contributed by atoms with E-state index in [9.17, 15) is 13.2 Å². The summed E-state index contributed by atoms with van der Waals surface area (Å²) in [7, 11) is -3.59. The van der Waals surface area contributed by atoms with E-state index >= 15 is 0 Å². The van der Waals surface area contributed by atoms with Gasteiger partial charge in [0.1, 0.15) is 11.5 Å². The number of hydrogen-bond donors (Lipinski definition) is 2. The van der Waals surface area contributed by atoms with Gasteiger partial charge >= 0.3 is 0 Å². The van der Waals surface area contributed by atoms with Crippen molar-refractivity contribution in [2.75, 3.05) is 13.1 Å². The summed E-state index contributed by atoms with van der Waals surface area (Å²) in [6, 6.07) is 3.20. The Bertz CT molecular complexity index is 645. The Morgan fingerprint density at radius 3 is 2.82 bits per heavy atom. The Labute approximate surface area is 130 Å². The Kier molecular flexibility index (Phi) is 4.24. The van der Waals surface area contributed by atoms with Crippen LogP contribution in [0.1, 0.15) is 43.2 Å². The molecule has 2 fully saturated rings. The molecule has 0 aliphatic carbocycles. The van der Waals surface area contributed by atoms with E-state index in [1.54, 1.807) is 0 Å². The molecule has 1 amide bonds. The molecule has 3 heterocycles. The number of piperidine rings is 1. The average molecular weight is 327 g/mol. The van der Waals surface area contributed by atoms with Gasteiger partial charge in [0.2, 0.25) is 5.91 Å². The zero-order valence-corrected chi connectivity index (χ0v) is 13.4. The lowest BCUT2D eigenvalue weighted by atomic mass is 10.1. The van der Waals surface area contributed by atoms with Crippen LogP contribution in [0.25, 0.3) is 0 Å². The van der Waals surface area contributed by atoms with Crippen LogP contribution in [0.2, 0.25) is 0 Å². The smallest absolute Gasteiger partial charge is 0.280 e. The quantitative estimate of drug-likeness (QED) is 0.857. The first kappa shape index (κ1) is 15.5. The third-order valence-corrected chi connectivity index (χ3v) is 5.87. The summed E-state index contributed by atoms with van der Waals surface area (Å²) in [5, 5.41) is 2.69. The van der Waals surface area contributed by atoms with E-state index in [4.69, 9.17) is 4.42 Å². The van der Waals surface area contributed by atoms with Crippen molar-refractivity contribution in [2.45, 2.75) is 44.7 Å². The monoisotopic (exact) mass is 327 g/mol. The number of nitrogens with zero attached hydrogens (tertiary/aromatic N) is 1. The summed E-state index contributed by atoms with van der Waals surface area (Å²) in [6.07, 6.45) is 2.46. The summed E-state index contributed by atoms with van der Waals surface area (Å²) in [5.41, 5.74) is 0. The van der Waals surface area contributed by atoms with Crippen molar-refractivity contribution in [1.82, 2.24) is 14.3 Å². The standard InChI is InChI=1S/C14H21N3O4S/c1-10-4-6-13(21-10)12-3-2-8-17(12)22(19,20)16-11-5-7-14(18)15-9-11/h4,6,11-12,16H,2-3,5,7-9H2,1H3,(H,15,18)/t11-,12-/m1/s1. The van der Waals surface area contributed by atoms with Crippen LogP contribution in [0.3, 0.4) is 0 Å². The van der Waals surface area contributed by atoms with Gasteiger partial charge in [-0.15, -0.1) is 0 Å². The highest BCUT2D eigenvalue weighted by Crippen LogP contribution is 2.34. The van der Waals surface area contributed by atoms with E-state index in [-0.39, 0.29) is 18.0 Å². The van der Waals surface area contributed by atoms with Crippen LogP contribution in [0.4, 0.5) is 0 Å². The maximum atomic E-state index is 12.6. The summed E-state index contributed by atoms with van der Waals surface area (Å²) in [4.78, 5) is 11.2. The van der Waals surface area contributed by atoms with Crippen molar-refractivity contribution >= 4 is 16.1 Å². The molecule has 1 aromatic rings. The maximum Gasteiger partial charge on any atom is 0.280 e. The lowest BCUT2D eigenvalue weighted by Gasteiger charge is -2.28. The van der Waals surface area contributed by atoms with Gasteiger partial charge < -0.3 is 9.73 Å². The third-order valence-electron chi connectivity index (χ3n) is 4.18. The normalized spacial score (nSPS) is 27.0. The van der Waals surface area contributed by atoms with Gasteiger partial charge in [-0.1, -0.05) is 0 Å². The van der Waals surface area contributed by atoms with Gasteiger partial charge in [0, 0.05) is 25.6 Å². The van der Waals surface area contributed by atoms with E-state index < -0.39 is 10.2 Å². The molecular weight excluding hydrogens is 306 g/mol. The second-order valence-corrected chi connectivity index (χ2v) is 7.53. The molecule has 0 aromatic carbocycles. The molecule has 0 unspecified atom stereocenters. The molecule has 2 atom stereocenters. The summed E-state index contributed by atoms with van der Waals surface area (Å²) < 4.78 is 35.1. The summed E-state index contributed by atoms with van der Waals surface area (Å²) >= 11 is 0. The highest BCUT2D eigenvalue weighted by molar-refractivity contribution is 7.87. The number of amides is 1. The van der Waals surface area contributed by atoms with Crippen molar-refractivity contribution in [3.8, 4) is 0 Å². The largest absolute Gasteiger partial charge is 0.465 e. The predicted octanol–water partition coefficient (Wildman–Crippen LogP) is 0.838. The molecule has 7 nitrogen and oxygen atoms in total. The van der Waals surface area contributed by atoms with E-state index in [0.717, 1.165) is 18.6 Å². The van der Waals surface area contributed by atoms with Crippen molar-refractivity contribution < 1.29 is 17.6 Å². The van der Waals surface area contributed by atoms with Crippen LogP contribution >= 0.6 is 0 Å². The lowest BCUT2D eigenvalue weighted by molar-refractivity contribution is -0.122. The van der Waals surface area contributed by atoms with Crippen LogP contribution in [0.5, 0.6) is 0 Å². The first-order chi connectivity index (χ1) is 10.5. The number of aryl methyl sites for hydroxylation is 1. The fourth-order valence-electron chi connectivity index (χ4n) is 3.06. The second kappa shape index (κ2) is 6.02. The van der Waals surface area contributed by atoms with Crippen LogP contribution in [-0.4, -0.2) is 37.8 Å². The van der Waals surface area contributed by atoms with Crippen molar-refractivity contribution in [2.24, 2.45) is 0 Å². The van der Waals surface area contributed by atoms with Gasteiger partial charge in [-0.3, -0.25) is 4.79 Å². The first-order valence-electron chi connectivity index (χ1n) is 7.58. The number of rotatable bonds is 4. The third kappa shape index (κ3) is 3.18. The SMILES string of the molecule is Cc1ccc([C@H]2CCCN2S(=O)(=O)N[C@@H]2CCC(=O)NC2)o1. The van der Waals surface area contributed by atoms with Crippen molar-refractivity contribution in [1.29, 1.82) is 0 Å². The fourth-order valence-corrected chi connectivity index (χ4v) is 4.73. The molecule has 2 saturated heterocycles. The number of nitrogens with one attached hydrogen (secondary N) is 2. The topological polar surface area (TPSA) is 91.7 Å². The molecule has 0 saturated carbocycles. The minimum absolute atomic E-state index is 0.0273. The van der Waals surface area contributed by atoms with Gasteiger partial charge in [0.05, 0.1) is 6.04 Å². The Balaban J connectivity index is 1.72. The lowest BCUT2D eigenvalue weighted by Crippen LogP contribution is -2.51. The molecule has 122 valence electrons. The van der Waals surface area contributed by atoms with E-state index in [1.165, 1.54) is 4.31 Å². The number of carbonyl (C=O) groups is 1. The van der Waals surface area contributed by atoms with Crippen molar-refractivity contribution in [3.05, 3.63) is 23.7 Å². The molecule has 1 aromatic heterocycles. The molecule has 3 rings (SSSR count). The number of hydrogen-bond acceptors (Lipinski definition) is 4. The highest BCUT2D eigenvalue weighted by Gasteiger charge is 2.38. The second-order valence-electron chi connectivity index (χ2n) is 5.88. The van der Waals surface area contributed by atoms with Gasteiger partial charge in [-0.2, -0.15) is 17.4 Å². The predicted molar refractivity (Wildman–Crippen MR) is 80.2 cm³/mol. The van der Waals surface area contributed by atoms with E-state index in [2.05, 4.69) is 10.0 Å². The molecule has 8 heteroatoms. The zero-order valence-electron chi connectivity index (χ0n) is 12.5. The molecular formula is C14H21N3O4S. The summed E-state index contributed by atoms with van der Waals surface area (Å²) in [5.74, 6) is 1.44. The Morgan fingerprint density at radius 1 is 1.36 bits per heavy atom. The van der Waals surface area contributed by atoms with E-state index in [1.807, 2.05) is 19.1 Å². The molecule has 0 spiro atoms. The molecule has 2 aliphatic rings. The molecule has 0 bridgehead atoms. The van der Waals surface area contributed by atoms with Gasteiger partial charge in [-0.05, 0) is 38.3 Å². The van der Waals surface area contributed by atoms with Crippen LogP contribution < -0.4 is 10.0 Å². The van der Waals surface area contributed by atoms with Crippen LogP contribution in [0, 0.1) is 6.92 Å². The Morgan fingerprint density at radius 2 is 2.18 bits per heavy atom. The summed E-state index contributed by atoms with van der Waals surface area (Å²) in [6.45, 7) is 2.68. The molecule has 22 heavy (non-hydrogen) atoms. The average Bonchev–Trinajstić information content (AvgIpc) is 3.09. The van der Waals surface area contributed by atoms with Crippen LogP contribution in [0.15, 0.2) is 16.5 Å². The first-order valence-corrected chi connectivity index (χ1v) is 9.02. The fraction of sp³-hybridized carbons (Fsp3) is 0.643. The van der Waals surface area contributed by atoms with Crippen molar-refractivity contribution in [3.63, 3.8) is 0 Å². The highest BCUT2D eigenvalue weighted by atomic mass is 32.2. The maximum absolute atomic E-state index is 12.6. The Hall–Kier alpha value is -1.38. The minimum atomic E-state index is -3.59. The van der Waals surface area contributed by atoms with Crippen LogP contribution in [-0.2, 0) is 15.0 Å². The minimum Gasteiger partial charge on any atom is -0.465 e. The number of furan rings is 1. The molecule has 0 radical (unpaired) electrons. The van der Waals surface area contributed by atoms with Gasteiger partial charge in [-0.25, -0.2) is 0 Å². The molecule has 2 aliphatic heterocycles. The zero-order chi connectivity index (χ0) is 15.7. The number of carbonyl (C=O) groups excluding carboxylic acids is 1. The van der Waals surface area contributed by atoms with Gasteiger partial charge in [0.15, 0.2) is 0 Å². The van der Waals surface area contributed by atoms with Gasteiger partial charge in [0.25, 0.3) is 10.2 Å². The molecule has 2 N–H and O–H groups in total. The van der Waals surface area contributed by atoms with E-state index in [0.29, 0.717) is 31.7 Å².